The van der Waals surface area contributed by atoms with Crippen molar-refractivity contribution in [1.29, 1.82) is 0 Å². The van der Waals surface area contributed by atoms with Gasteiger partial charge in [0.15, 0.2) is 0 Å². The average Bonchev–Trinajstić information content (AvgIpc) is 2.67. The first kappa shape index (κ1) is 13.1. The Kier molecular flexibility index (Phi) is 3.18. The number of anilines is 2. The van der Waals surface area contributed by atoms with Crippen molar-refractivity contribution in [3.63, 3.8) is 0 Å². The Morgan fingerprint density at radius 3 is 2.35 bits per heavy atom. The summed E-state index contributed by atoms with van der Waals surface area (Å²) in [6.45, 7) is 8.28. The molecule has 0 aliphatic rings. The van der Waals surface area contributed by atoms with Crippen LogP contribution in [0.4, 0.5) is 11.5 Å². The summed E-state index contributed by atoms with van der Waals surface area (Å²) < 4.78 is 0. The van der Waals surface area contributed by atoms with Crippen LogP contribution in [0.15, 0.2) is 24.3 Å². The van der Waals surface area contributed by atoms with E-state index in [2.05, 4.69) is 60.3 Å². The van der Waals surface area contributed by atoms with Crippen molar-refractivity contribution in [2.75, 3.05) is 5.32 Å². The van der Waals surface area contributed by atoms with Crippen LogP contribution in [0.5, 0.6) is 0 Å². The zero-order valence-electron chi connectivity index (χ0n) is 12.1. The van der Waals surface area contributed by atoms with E-state index in [4.69, 9.17) is 0 Å². The van der Waals surface area contributed by atoms with Gasteiger partial charge in [0, 0.05) is 10.6 Å². The Balaban J connectivity index is 2.12. The molecule has 0 saturated heterocycles. The van der Waals surface area contributed by atoms with Gasteiger partial charge in [-0.15, -0.1) is 11.3 Å². The summed E-state index contributed by atoms with van der Waals surface area (Å²) >= 11 is 1.73. The van der Waals surface area contributed by atoms with Gasteiger partial charge < -0.3 is 5.32 Å². The zero-order chi connectivity index (χ0) is 14.3. The monoisotopic (exact) mass is 283 g/mol. The average molecular weight is 283 g/mol. The van der Waals surface area contributed by atoms with Crippen LogP contribution in [0.1, 0.15) is 21.8 Å². The lowest BCUT2D eigenvalue weighted by Crippen LogP contribution is -1.98. The quantitative estimate of drug-likeness (QED) is 0.742. The molecule has 2 heterocycles. The molecule has 3 nitrogen and oxygen atoms in total. The van der Waals surface area contributed by atoms with Gasteiger partial charge in [-0.05, 0) is 45.4 Å². The van der Waals surface area contributed by atoms with Crippen LogP contribution < -0.4 is 5.32 Å². The largest absolute Gasteiger partial charge is 0.340 e. The van der Waals surface area contributed by atoms with Gasteiger partial charge in [0.25, 0.3) is 0 Å². The van der Waals surface area contributed by atoms with E-state index in [0.29, 0.717) is 0 Å². The van der Waals surface area contributed by atoms with Gasteiger partial charge in [0.2, 0.25) is 0 Å². The summed E-state index contributed by atoms with van der Waals surface area (Å²) in [6, 6.07) is 8.35. The van der Waals surface area contributed by atoms with Crippen molar-refractivity contribution in [2.24, 2.45) is 0 Å². The summed E-state index contributed by atoms with van der Waals surface area (Å²) in [5.74, 6) is 1.70. The highest BCUT2D eigenvalue weighted by Crippen LogP contribution is 2.34. The molecule has 1 N–H and O–H groups in total. The summed E-state index contributed by atoms with van der Waals surface area (Å²) in [6.07, 6.45) is 0. The lowest BCUT2D eigenvalue weighted by molar-refractivity contribution is 1.10. The minimum atomic E-state index is 0.799. The first-order valence-corrected chi connectivity index (χ1v) is 7.44. The van der Waals surface area contributed by atoms with E-state index in [-0.39, 0.29) is 0 Å². The lowest BCUT2D eigenvalue weighted by Gasteiger charge is -2.08. The molecule has 0 amide bonds. The van der Waals surface area contributed by atoms with Crippen molar-refractivity contribution < 1.29 is 0 Å². The number of hydrogen-bond acceptors (Lipinski definition) is 4. The number of nitrogens with zero attached hydrogens (tertiary/aromatic N) is 2. The smallest absolute Gasteiger partial charge is 0.143 e. The van der Waals surface area contributed by atoms with Crippen molar-refractivity contribution in [3.8, 4) is 0 Å². The number of fused-ring (bicyclic) bond motifs is 1. The number of aromatic nitrogens is 2. The van der Waals surface area contributed by atoms with E-state index < -0.39 is 0 Å². The Morgan fingerprint density at radius 2 is 1.65 bits per heavy atom. The van der Waals surface area contributed by atoms with Crippen LogP contribution in [-0.4, -0.2) is 9.97 Å². The fraction of sp³-hybridized carbons (Fsp3) is 0.250. The number of aryl methyl sites for hydroxylation is 4. The SMILES string of the molecule is Cc1ccc(Nc2nc(C)nc3sc(C)c(C)c23)cc1. The molecule has 0 fully saturated rings. The third-order valence-electron chi connectivity index (χ3n) is 3.45. The molecule has 0 aliphatic heterocycles. The Morgan fingerprint density at radius 1 is 0.950 bits per heavy atom. The maximum atomic E-state index is 4.58. The standard InChI is InChI=1S/C16H17N3S/c1-9-5-7-13(8-6-9)19-15-14-10(2)11(3)20-16(14)18-12(4)17-15/h5-8H,1-4H3,(H,17,18,19). The maximum Gasteiger partial charge on any atom is 0.143 e. The second-order valence-corrected chi connectivity index (χ2v) is 6.28. The molecule has 0 atom stereocenters. The van der Waals surface area contributed by atoms with Crippen molar-refractivity contribution in [1.82, 2.24) is 9.97 Å². The van der Waals surface area contributed by atoms with Crippen LogP contribution in [0, 0.1) is 27.7 Å². The molecule has 3 aromatic rings. The summed E-state index contributed by atoms with van der Waals surface area (Å²) in [7, 11) is 0. The van der Waals surface area contributed by atoms with Crippen LogP contribution in [0.3, 0.4) is 0 Å². The van der Waals surface area contributed by atoms with Gasteiger partial charge in [0.1, 0.15) is 16.5 Å². The second-order valence-electron chi connectivity index (χ2n) is 5.07. The number of rotatable bonds is 2. The summed E-state index contributed by atoms with van der Waals surface area (Å²) in [5, 5.41) is 4.56. The molecule has 1 aromatic carbocycles. The summed E-state index contributed by atoms with van der Waals surface area (Å²) in [4.78, 5) is 11.5. The fourth-order valence-corrected chi connectivity index (χ4v) is 3.30. The topological polar surface area (TPSA) is 37.8 Å². The van der Waals surface area contributed by atoms with Gasteiger partial charge in [-0.25, -0.2) is 9.97 Å². The zero-order valence-corrected chi connectivity index (χ0v) is 12.9. The highest BCUT2D eigenvalue weighted by molar-refractivity contribution is 7.18. The molecule has 2 aromatic heterocycles. The Hall–Kier alpha value is -1.94. The van der Waals surface area contributed by atoms with Gasteiger partial charge in [0.05, 0.1) is 5.39 Å². The predicted molar refractivity (Wildman–Crippen MR) is 86.1 cm³/mol. The van der Waals surface area contributed by atoms with E-state index in [1.807, 2.05) is 6.92 Å². The highest BCUT2D eigenvalue weighted by Gasteiger charge is 2.13. The van der Waals surface area contributed by atoms with E-state index >= 15 is 0 Å². The third kappa shape index (κ3) is 2.27. The highest BCUT2D eigenvalue weighted by atomic mass is 32.1. The molecular weight excluding hydrogens is 266 g/mol. The molecule has 3 rings (SSSR count). The van der Waals surface area contributed by atoms with Gasteiger partial charge in [-0.1, -0.05) is 17.7 Å². The number of thiophene rings is 1. The number of benzene rings is 1. The second kappa shape index (κ2) is 4.87. The molecular formula is C16H17N3S. The van der Waals surface area contributed by atoms with E-state index in [9.17, 15) is 0 Å². The molecule has 20 heavy (non-hydrogen) atoms. The fourth-order valence-electron chi connectivity index (χ4n) is 2.22. The number of hydrogen-bond donors (Lipinski definition) is 1. The van der Waals surface area contributed by atoms with Gasteiger partial charge in [-0.3, -0.25) is 0 Å². The molecule has 0 unspecified atom stereocenters. The number of nitrogens with one attached hydrogen (secondary N) is 1. The molecule has 102 valence electrons. The molecule has 4 heteroatoms. The minimum Gasteiger partial charge on any atom is -0.340 e. The first-order valence-electron chi connectivity index (χ1n) is 6.62. The lowest BCUT2D eigenvalue weighted by atomic mass is 10.2. The predicted octanol–water partition coefficient (Wildman–Crippen LogP) is 4.67. The van der Waals surface area contributed by atoms with E-state index in [1.165, 1.54) is 16.0 Å². The van der Waals surface area contributed by atoms with Gasteiger partial charge >= 0.3 is 0 Å². The van der Waals surface area contributed by atoms with Crippen molar-refractivity contribution in [2.45, 2.75) is 27.7 Å². The van der Waals surface area contributed by atoms with Crippen molar-refractivity contribution >= 4 is 33.1 Å². The molecule has 0 radical (unpaired) electrons. The minimum absolute atomic E-state index is 0.799. The third-order valence-corrected chi connectivity index (χ3v) is 4.56. The van der Waals surface area contributed by atoms with Crippen LogP contribution in [0.2, 0.25) is 0 Å². The van der Waals surface area contributed by atoms with Crippen LogP contribution in [0.25, 0.3) is 10.2 Å². The normalized spacial score (nSPS) is 11.0. The van der Waals surface area contributed by atoms with E-state index in [1.54, 1.807) is 11.3 Å². The molecule has 0 spiro atoms. The van der Waals surface area contributed by atoms with Crippen LogP contribution in [-0.2, 0) is 0 Å². The molecule has 0 aliphatic carbocycles. The first-order chi connectivity index (χ1) is 9.54. The van der Waals surface area contributed by atoms with E-state index in [0.717, 1.165) is 27.5 Å². The van der Waals surface area contributed by atoms with Crippen molar-refractivity contribution in [3.05, 3.63) is 46.1 Å². The van der Waals surface area contributed by atoms with Gasteiger partial charge in [-0.2, -0.15) is 0 Å². The Bertz CT molecular complexity index is 773. The maximum absolute atomic E-state index is 4.58. The Labute approximate surface area is 122 Å². The molecule has 0 bridgehead atoms. The molecule has 0 saturated carbocycles. The summed E-state index contributed by atoms with van der Waals surface area (Å²) in [5.41, 5.74) is 3.57. The van der Waals surface area contributed by atoms with Crippen LogP contribution >= 0.6 is 11.3 Å².